The number of hydrogen-bond acceptors (Lipinski definition) is 7. The molecule has 0 amide bonds. The van der Waals surface area contributed by atoms with Crippen molar-refractivity contribution in [2.45, 2.75) is 34.6 Å². The molecule has 0 aliphatic rings. The average molecular weight is 548 g/mol. The number of pyridine rings is 3. The second-order valence-corrected chi connectivity index (χ2v) is 12.0. The molecule has 5 aromatic heterocycles. The zero-order chi connectivity index (χ0) is 28.6. The van der Waals surface area contributed by atoms with Gasteiger partial charge in [0.05, 0.1) is 46.9 Å². The topological polar surface area (TPSA) is 91.4 Å². The van der Waals surface area contributed by atoms with Gasteiger partial charge in [-0.1, -0.05) is 40.5 Å². The Morgan fingerprint density at radius 1 is 0.950 bits per heavy atom. The Hall–Kier alpha value is -4.56. The van der Waals surface area contributed by atoms with Crippen molar-refractivity contribution in [3.8, 4) is 21.7 Å². The van der Waals surface area contributed by atoms with Crippen LogP contribution in [0.25, 0.3) is 43.9 Å². The molecule has 0 unspecified atom stereocenters. The molecule has 0 fully saturated rings. The second kappa shape index (κ2) is 10.5. The van der Waals surface area contributed by atoms with Crippen molar-refractivity contribution in [1.82, 2.24) is 25.1 Å². The van der Waals surface area contributed by atoms with Crippen LogP contribution in [0.15, 0.2) is 80.7 Å². The molecule has 0 spiro atoms. The molecule has 40 heavy (non-hydrogen) atoms. The number of fused-ring (bicyclic) bond motifs is 1. The highest BCUT2D eigenvalue weighted by molar-refractivity contribution is 7.16. The van der Waals surface area contributed by atoms with Crippen molar-refractivity contribution >= 4 is 44.9 Å². The fraction of sp³-hybridized carbons (Fsp3) is 0.188. The van der Waals surface area contributed by atoms with E-state index in [4.69, 9.17) is 0 Å². The summed E-state index contributed by atoms with van der Waals surface area (Å²) < 4.78 is 0. The number of rotatable bonds is 8. The van der Waals surface area contributed by atoms with Crippen LogP contribution in [-0.4, -0.2) is 25.1 Å². The lowest BCUT2D eigenvalue weighted by Gasteiger charge is -2.23. The van der Waals surface area contributed by atoms with Crippen LogP contribution in [0.1, 0.15) is 43.8 Å². The van der Waals surface area contributed by atoms with E-state index in [9.17, 15) is 0 Å². The molecule has 0 bridgehead atoms. The van der Waals surface area contributed by atoms with Gasteiger partial charge in [-0.05, 0) is 49.2 Å². The Morgan fingerprint density at radius 3 is 2.45 bits per heavy atom. The summed E-state index contributed by atoms with van der Waals surface area (Å²) in [6.07, 6.45) is 9.08. The predicted molar refractivity (Wildman–Crippen MR) is 169 cm³/mol. The molecule has 5 heterocycles. The largest absolute Gasteiger partial charge is 0.358 e. The molecule has 0 radical (unpaired) electrons. The minimum atomic E-state index is -0.0725. The lowest BCUT2D eigenvalue weighted by atomic mass is 9.93. The van der Waals surface area contributed by atoms with E-state index >= 15 is 0 Å². The van der Waals surface area contributed by atoms with Gasteiger partial charge in [-0.15, -0.1) is 11.3 Å². The molecule has 3 N–H and O–H groups in total. The van der Waals surface area contributed by atoms with Gasteiger partial charge >= 0.3 is 0 Å². The van der Waals surface area contributed by atoms with Gasteiger partial charge < -0.3 is 10.6 Å². The summed E-state index contributed by atoms with van der Waals surface area (Å²) >= 11 is 1.71. The Labute approximate surface area is 238 Å². The summed E-state index contributed by atoms with van der Waals surface area (Å²) in [5.41, 5.74) is 9.66. The number of allylic oxidation sites excluding steroid dienone is 2. The smallest absolute Gasteiger partial charge is 0.116 e. The van der Waals surface area contributed by atoms with E-state index in [0.29, 0.717) is 11.4 Å². The summed E-state index contributed by atoms with van der Waals surface area (Å²) in [5.74, 6) is 0. The highest BCUT2D eigenvalue weighted by Crippen LogP contribution is 2.36. The van der Waals surface area contributed by atoms with E-state index in [-0.39, 0.29) is 5.41 Å². The maximum Gasteiger partial charge on any atom is 0.116 e. The summed E-state index contributed by atoms with van der Waals surface area (Å²) in [6, 6.07) is 8.25. The van der Waals surface area contributed by atoms with Gasteiger partial charge in [-0.3, -0.25) is 20.1 Å². The van der Waals surface area contributed by atoms with E-state index in [1.165, 1.54) is 4.88 Å². The van der Waals surface area contributed by atoms with Crippen molar-refractivity contribution in [2.24, 2.45) is 5.41 Å². The molecule has 5 aromatic rings. The zero-order valence-electron chi connectivity index (χ0n) is 23.5. The second-order valence-electron chi connectivity index (χ2n) is 10.9. The lowest BCUT2D eigenvalue weighted by Crippen LogP contribution is -2.15. The normalized spacial score (nSPS) is 11.4. The number of hydrogen-bond donors (Lipinski definition) is 3. The average Bonchev–Trinajstić information content (AvgIpc) is 3.57. The fourth-order valence-electron chi connectivity index (χ4n) is 4.15. The standard InChI is InChI=1S/C32H33N7S/c1-18(2)29-9-10-30(40-29)25-15-34-16-27(19(25)3)36-20(4)31-24-12-26(35-17-28(24)38-39-31)22-11-23(14-33-13-22)37-21(5)32(6,7)8/h9-17,36-37H,1,4-5H2,2-3,6-8H3,(H,38,39). The number of aromatic amines is 1. The van der Waals surface area contributed by atoms with Crippen LogP contribution in [0.5, 0.6) is 0 Å². The van der Waals surface area contributed by atoms with Gasteiger partial charge in [0.25, 0.3) is 0 Å². The first-order valence-corrected chi connectivity index (χ1v) is 13.8. The SMILES string of the molecule is C=C(C)c1ccc(-c2cncc(NC(=C)c3n[nH]c4cnc(-c5cncc(NC(=C)C(C)(C)C)c5)cc34)c2C)s1. The molecule has 0 saturated heterocycles. The number of H-pyrrole nitrogens is 1. The molecular weight excluding hydrogens is 514 g/mol. The van der Waals surface area contributed by atoms with E-state index in [1.54, 1.807) is 29.9 Å². The van der Waals surface area contributed by atoms with Gasteiger partial charge in [0.2, 0.25) is 0 Å². The van der Waals surface area contributed by atoms with E-state index < -0.39 is 0 Å². The number of aromatic nitrogens is 5. The van der Waals surface area contributed by atoms with E-state index in [2.05, 4.69) is 95.3 Å². The third-order valence-electron chi connectivity index (χ3n) is 6.76. The fourth-order valence-corrected chi connectivity index (χ4v) is 5.15. The first-order valence-electron chi connectivity index (χ1n) is 12.9. The minimum Gasteiger partial charge on any atom is -0.358 e. The number of nitrogens with one attached hydrogen (secondary N) is 3. The molecular formula is C32H33N7S. The highest BCUT2D eigenvalue weighted by Gasteiger charge is 2.17. The van der Waals surface area contributed by atoms with Crippen molar-refractivity contribution in [3.05, 3.63) is 96.8 Å². The molecule has 5 rings (SSSR count). The minimum absolute atomic E-state index is 0.0725. The number of nitrogens with zero attached hydrogens (tertiary/aromatic N) is 4. The molecule has 0 saturated carbocycles. The van der Waals surface area contributed by atoms with Crippen LogP contribution in [0, 0.1) is 12.3 Å². The Morgan fingerprint density at radius 2 is 1.73 bits per heavy atom. The van der Waals surface area contributed by atoms with Gasteiger partial charge in [0, 0.05) is 49.8 Å². The third kappa shape index (κ3) is 5.44. The van der Waals surface area contributed by atoms with Gasteiger partial charge in [-0.25, -0.2) is 0 Å². The molecule has 0 atom stereocenters. The van der Waals surface area contributed by atoms with Crippen molar-refractivity contribution in [3.63, 3.8) is 0 Å². The van der Waals surface area contributed by atoms with E-state index in [1.807, 2.05) is 31.5 Å². The predicted octanol–water partition coefficient (Wildman–Crippen LogP) is 8.54. The summed E-state index contributed by atoms with van der Waals surface area (Å²) in [4.78, 5) is 15.9. The van der Waals surface area contributed by atoms with Crippen molar-refractivity contribution in [2.75, 3.05) is 10.6 Å². The Kier molecular flexibility index (Phi) is 7.12. The van der Waals surface area contributed by atoms with Crippen LogP contribution in [0.3, 0.4) is 0 Å². The molecule has 202 valence electrons. The van der Waals surface area contributed by atoms with Crippen molar-refractivity contribution < 1.29 is 0 Å². The van der Waals surface area contributed by atoms with Gasteiger partial charge in [0.15, 0.2) is 0 Å². The summed E-state index contributed by atoms with van der Waals surface area (Å²) in [7, 11) is 0. The highest BCUT2D eigenvalue weighted by atomic mass is 32.1. The maximum atomic E-state index is 4.65. The van der Waals surface area contributed by atoms with Gasteiger partial charge in [0.1, 0.15) is 5.69 Å². The van der Waals surface area contributed by atoms with Gasteiger partial charge in [-0.2, -0.15) is 5.10 Å². The first-order chi connectivity index (χ1) is 19.0. The molecule has 8 heteroatoms. The zero-order valence-corrected chi connectivity index (χ0v) is 24.3. The first kappa shape index (κ1) is 27.0. The van der Waals surface area contributed by atoms with Crippen LogP contribution < -0.4 is 10.6 Å². The maximum absolute atomic E-state index is 4.65. The Bertz CT molecular complexity index is 1770. The summed E-state index contributed by atoms with van der Waals surface area (Å²) in [5, 5.41) is 15.4. The molecule has 0 aliphatic heterocycles. The monoisotopic (exact) mass is 547 g/mol. The summed E-state index contributed by atoms with van der Waals surface area (Å²) in [6.45, 7) is 23.0. The molecule has 0 aromatic carbocycles. The van der Waals surface area contributed by atoms with Crippen molar-refractivity contribution in [1.29, 1.82) is 0 Å². The lowest BCUT2D eigenvalue weighted by molar-refractivity contribution is 0.509. The number of anilines is 2. The quantitative estimate of drug-likeness (QED) is 0.180. The molecule has 7 nitrogen and oxygen atoms in total. The Balaban J connectivity index is 1.42. The van der Waals surface area contributed by atoms with Crippen LogP contribution in [0.2, 0.25) is 0 Å². The van der Waals surface area contributed by atoms with E-state index in [0.717, 1.165) is 60.8 Å². The van der Waals surface area contributed by atoms with Crippen LogP contribution >= 0.6 is 11.3 Å². The third-order valence-corrected chi connectivity index (χ3v) is 8.04. The van der Waals surface area contributed by atoms with Crippen LogP contribution in [-0.2, 0) is 0 Å². The number of thiophene rings is 1. The molecule has 0 aliphatic carbocycles. The van der Waals surface area contributed by atoms with Crippen LogP contribution in [0.4, 0.5) is 11.4 Å².